The Balaban J connectivity index is 2.99. The monoisotopic (exact) mass is 408 g/mol. The number of amides is 1. The predicted octanol–water partition coefficient (Wildman–Crippen LogP) is 3.15. The highest BCUT2D eigenvalue weighted by Crippen LogP contribution is 2.26. The highest BCUT2D eigenvalue weighted by Gasteiger charge is 2.30. The molecule has 0 fully saturated rings. The van der Waals surface area contributed by atoms with Crippen molar-refractivity contribution >= 4 is 33.6 Å². The van der Waals surface area contributed by atoms with Gasteiger partial charge in [0, 0.05) is 6.54 Å². The van der Waals surface area contributed by atoms with Crippen LogP contribution in [0.4, 0.5) is 4.79 Å². The summed E-state index contributed by atoms with van der Waals surface area (Å²) in [7, 11) is 0. The minimum Gasteiger partial charge on any atom is -0.444 e. The summed E-state index contributed by atoms with van der Waals surface area (Å²) in [6.45, 7) is 6.74. The van der Waals surface area contributed by atoms with E-state index in [-0.39, 0.29) is 18.3 Å². The molecule has 0 radical (unpaired) electrons. The Labute approximate surface area is 149 Å². The molecular weight excluding hydrogens is 388 g/mol. The molecule has 0 aliphatic carbocycles. The molecule has 0 bridgehead atoms. The van der Waals surface area contributed by atoms with Gasteiger partial charge in [-0.05, 0) is 61.3 Å². The molecule has 0 aromatic carbocycles. The number of aliphatic hydroxyl groups is 2. The van der Waals surface area contributed by atoms with Crippen molar-refractivity contribution in [3.8, 4) is 0 Å². The summed E-state index contributed by atoms with van der Waals surface area (Å²) < 4.78 is 5.81. The molecular formula is C15H22BrClN2O4. The minimum absolute atomic E-state index is 0.0487. The smallest absolute Gasteiger partial charge is 0.410 e. The second-order valence-electron chi connectivity index (χ2n) is 6.13. The summed E-state index contributed by atoms with van der Waals surface area (Å²) in [6.07, 6.45) is -1.61. The molecule has 1 aromatic heterocycles. The topological polar surface area (TPSA) is 82.9 Å². The number of hydrogen-bond donors (Lipinski definition) is 2. The van der Waals surface area contributed by atoms with Gasteiger partial charge in [-0.1, -0.05) is 11.6 Å². The van der Waals surface area contributed by atoms with Crippen molar-refractivity contribution in [2.75, 3.05) is 13.2 Å². The van der Waals surface area contributed by atoms with Crippen LogP contribution in [0.5, 0.6) is 0 Å². The second kappa shape index (κ2) is 8.28. The summed E-state index contributed by atoms with van der Waals surface area (Å²) in [4.78, 5) is 17.6. The van der Waals surface area contributed by atoms with E-state index in [0.717, 1.165) is 0 Å². The van der Waals surface area contributed by atoms with Crippen molar-refractivity contribution in [2.45, 2.75) is 45.4 Å². The van der Waals surface area contributed by atoms with E-state index in [1.54, 1.807) is 33.8 Å². The van der Waals surface area contributed by atoms with E-state index in [9.17, 15) is 15.0 Å². The van der Waals surface area contributed by atoms with E-state index in [2.05, 4.69) is 20.9 Å². The average Bonchev–Trinajstić information content (AvgIpc) is 2.40. The Kier molecular flexibility index (Phi) is 7.26. The Morgan fingerprint density at radius 3 is 2.57 bits per heavy atom. The van der Waals surface area contributed by atoms with Gasteiger partial charge in [0.15, 0.2) is 0 Å². The standard InChI is InChI=1S/C15H22BrClN2O4/c1-9(13(21)10-7-11(16)18-12(17)8-10)19(5-6-20)14(22)23-15(2,3)4/h7-9,13,20-21H,5-6H2,1-4H3/t9-,13-/m0/s1. The van der Waals surface area contributed by atoms with Crippen LogP contribution < -0.4 is 0 Å². The van der Waals surface area contributed by atoms with Crippen LogP contribution in [0, 0.1) is 0 Å². The van der Waals surface area contributed by atoms with Crippen LogP contribution >= 0.6 is 27.5 Å². The van der Waals surface area contributed by atoms with Gasteiger partial charge in [0.2, 0.25) is 0 Å². The zero-order valence-corrected chi connectivity index (χ0v) is 15.9. The first-order chi connectivity index (χ1) is 10.5. The molecule has 2 atom stereocenters. The highest BCUT2D eigenvalue weighted by molar-refractivity contribution is 9.10. The van der Waals surface area contributed by atoms with Crippen molar-refractivity contribution in [1.82, 2.24) is 9.88 Å². The first-order valence-corrected chi connectivity index (χ1v) is 8.34. The van der Waals surface area contributed by atoms with Crippen LogP contribution in [0.2, 0.25) is 5.15 Å². The average molecular weight is 410 g/mol. The van der Waals surface area contributed by atoms with Gasteiger partial charge in [-0.2, -0.15) is 0 Å². The van der Waals surface area contributed by atoms with Crippen LogP contribution in [0.1, 0.15) is 39.4 Å². The van der Waals surface area contributed by atoms with E-state index in [4.69, 9.17) is 16.3 Å². The SMILES string of the molecule is C[C@@H]([C@H](O)c1cc(Cl)nc(Br)c1)N(CCO)C(=O)OC(C)(C)C. The van der Waals surface area contributed by atoms with Gasteiger partial charge in [0.1, 0.15) is 15.4 Å². The molecule has 1 heterocycles. The van der Waals surface area contributed by atoms with Crippen LogP contribution in [0.15, 0.2) is 16.7 Å². The van der Waals surface area contributed by atoms with E-state index < -0.39 is 23.8 Å². The van der Waals surface area contributed by atoms with Crippen LogP contribution in [-0.2, 0) is 4.74 Å². The van der Waals surface area contributed by atoms with Crippen molar-refractivity contribution in [1.29, 1.82) is 0 Å². The summed E-state index contributed by atoms with van der Waals surface area (Å²) in [6, 6.07) is 2.53. The lowest BCUT2D eigenvalue weighted by atomic mass is 10.0. The van der Waals surface area contributed by atoms with Crippen molar-refractivity contribution in [3.63, 3.8) is 0 Å². The molecule has 1 amide bonds. The number of ether oxygens (including phenoxy) is 1. The molecule has 0 spiro atoms. The molecule has 0 saturated carbocycles. The van der Waals surface area contributed by atoms with Gasteiger partial charge >= 0.3 is 6.09 Å². The normalized spacial score (nSPS) is 14.3. The first kappa shape index (κ1) is 20.2. The van der Waals surface area contributed by atoms with E-state index in [1.807, 2.05) is 0 Å². The summed E-state index contributed by atoms with van der Waals surface area (Å²) >= 11 is 9.11. The third-order valence-corrected chi connectivity index (χ3v) is 3.64. The third kappa shape index (κ3) is 6.25. The number of carbonyl (C=O) groups is 1. The summed E-state index contributed by atoms with van der Waals surface area (Å²) in [5.41, 5.74) is -0.158. The van der Waals surface area contributed by atoms with Gasteiger partial charge in [-0.25, -0.2) is 9.78 Å². The van der Waals surface area contributed by atoms with Crippen LogP contribution in [0.3, 0.4) is 0 Å². The number of aliphatic hydroxyl groups excluding tert-OH is 2. The zero-order chi connectivity index (χ0) is 17.8. The number of halogens is 2. The fraction of sp³-hybridized carbons (Fsp3) is 0.600. The van der Waals surface area contributed by atoms with E-state index in [1.165, 1.54) is 11.0 Å². The molecule has 0 aliphatic heterocycles. The molecule has 2 N–H and O–H groups in total. The maximum absolute atomic E-state index is 12.3. The molecule has 0 saturated heterocycles. The lowest BCUT2D eigenvalue weighted by Crippen LogP contribution is -2.46. The Morgan fingerprint density at radius 1 is 1.48 bits per heavy atom. The quantitative estimate of drug-likeness (QED) is 0.730. The van der Waals surface area contributed by atoms with Gasteiger partial charge in [0.05, 0.1) is 18.8 Å². The number of hydrogen-bond acceptors (Lipinski definition) is 5. The lowest BCUT2D eigenvalue weighted by molar-refractivity contribution is -0.00682. The van der Waals surface area contributed by atoms with Crippen LogP contribution in [0.25, 0.3) is 0 Å². The number of rotatable bonds is 5. The minimum atomic E-state index is -1.01. The molecule has 23 heavy (non-hydrogen) atoms. The maximum Gasteiger partial charge on any atom is 0.410 e. The number of aromatic nitrogens is 1. The van der Waals surface area contributed by atoms with Crippen molar-refractivity contribution < 1.29 is 19.7 Å². The Morgan fingerprint density at radius 2 is 2.09 bits per heavy atom. The molecule has 0 unspecified atom stereocenters. The molecule has 6 nitrogen and oxygen atoms in total. The highest BCUT2D eigenvalue weighted by atomic mass is 79.9. The third-order valence-electron chi connectivity index (χ3n) is 3.04. The van der Waals surface area contributed by atoms with E-state index >= 15 is 0 Å². The lowest BCUT2D eigenvalue weighted by Gasteiger charge is -2.33. The molecule has 1 rings (SSSR count). The summed E-state index contributed by atoms with van der Waals surface area (Å²) in [5, 5.41) is 20.0. The fourth-order valence-electron chi connectivity index (χ4n) is 1.99. The zero-order valence-electron chi connectivity index (χ0n) is 13.6. The van der Waals surface area contributed by atoms with Gasteiger partial charge < -0.3 is 19.8 Å². The van der Waals surface area contributed by atoms with Gasteiger partial charge in [-0.3, -0.25) is 0 Å². The van der Waals surface area contributed by atoms with Gasteiger partial charge in [-0.15, -0.1) is 0 Å². The number of nitrogens with zero attached hydrogens (tertiary/aromatic N) is 2. The fourth-order valence-corrected chi connectivity index (χ4v) is 2.77. The maximum atomic E-state index is 12.3. The first-order valence-electron chi connectivity index (χ1n) is 7.16. The largest absolute Gasteiger partial charge is 0.444 e. The number of carbonyl (C=O) groups excluding carboxylic acids is 1. The molecule has 1 aromatic rings. The van der Waals surface area contributed by atoms with Gasteiger partial charge in [0.25, 0.3) is 0 Å². The predicted molar refractivity (Wildman–Crippen MR) is 91.4 cm³/mol. The van der Waals surface area contributed by atoms with Crippen LogP contribution in [-0.4, -0.2) is 51.0 Å². The Bertz CT molecular complexity index is 531. The summed E-state index contributed by atoms with van der Waals surface area (Å²) in [5.74, 6) is 0. The molecule has 0 aliphatic rings. The van der Waals surface area contributed by atoms with E-state index in [0.29, 0.717) is 10.2 Å². The molecule has 8 heteroatoms. The number of pyridine rings is 1. The molecule has 130 valence electrons. The van der Waals surface area contributed by atoms with Crippen molar-refractivity contribution in [2.24, 2.45) is 0 Å². The Hall–Kier alpha value is -0.890. The second-order valence-corrected chi connectivity index (χ2v) is 7.33. The van der Waals surface area contributed by atoms with Crippen molar-refractivity contribution in [3.05, 3.63) is 27.5 Å².